The van der Waals surface area contributed by atoms with Gasteiger partial charge in [0.15, 0.2) is 9.84 Å². The monoisotopic (exact) mass is 471 g/mol. The van der Waals surface area contributed by atoms with E-state index in [4.69, 9.17) is 14.2 Å². The highest BCUT2D eigenvalue weighted by atomic mass is 32.2. The summed E-state index contributed by atoms with van der Waals surface area (Å²) < 4.78 is 54.7. The average molecular weight is 472 g/mol. The van der Waals surface area contributed by atoms with Crippen LogP contribution in [0.4, 0.5) is 9.18 Å². The lowest BCUT2D eigenvalue weighted by atomic mass is 9.94. The summed E-state index contributed by atoms with van der Waals surface area (Å²) in [6, 6.07) is 3.89. The molecular formula is C23H34FNO6S. The highest BCUT2D eigenvalue weighted by Gasteiger charge is 2.30. The molecule has 180 valence electrons. The molecule has 1 aliphatic heterocycles. The van der Waals surface area contributed by atoms with Crippen LogP contribution in [0, 0.1) is 5.82 Å². The molecule has 0 aromatic heterocycles. The lowest BCUT2D eigenvalue weighted by molar-refractivity contribution is -0.0676. The van der Waals surface area contributed by atoms with Crippen molar-refractivity contribution in [3.05, 3.63) is 24.0 Å². The van der Waals surface area contributed by atoms with E-state index in [2.05, 4.69) is 0 Å². The molecule has 9 heteroatoms. The van der Waals surface area contributed by atoms with Gasteiger partial charge in [-0.1, -0.05) is 0 Å². The van der Waals surface area contributed by atoms with E-state index >= 15 is 0 Å². The molecule has 2 fully saturated rings. The van der Waals surface area contributed by atoms with Gasteiger partial charge in [-0.2, -0.15) is 0 Å². The van der Waals surface area contributed by atoms with Gasteiger partial charge in [0.25, 0.3) is 0 Å². The van der Waals surface area contributed by atoms with Crippen molar-refractivity contribution in [3.63, 3.8) is 0 Å². The van der Waals surface area contributed by atoms with Gasteiger partial charge in [0, 0.05) is 25.4 Å². The Morgan fingerprint density at radius 2 is 1.56 bits per heavy atom. The van der Waals surface area contributed by atoms with Crippen LogP contribution in [0.25, 0.3) is 0 Å². The Bertz CT molecular complexity index is 898. The van der Waals surface area contributed by atoms with Gasteiger partial charge < -0.3 is 19.1 Å². The Morgan fingerprint density at radius 3 is 2.09 bits per heavy atom. The summed E-state index contributed by atoms with van der Waals surface area (Å²) >= 11 is 0. The second-order valence-corrected chi connectivity index (χ2v) is 11.7. The minimum absolute atomic E-state index is 0.0488. The summed E-state index contributed by atoms with van der Waals surface area (Å²) in [4.78, 5) is 13.6. The van der Waals surface area contributed by atoms with E-state index in [0.717, 1.165) is 50.8 Å². The maximum absolute atomic E-state index is 14.1. The number of carbonyl (C=O) groups excluding carboxylic acids is 1. The second-order valence-electron chi connectivity index (χ2n) is 9.68. The SMILES string of the molecule is CC(C)(C)OC(=O)N1CCC(O[C@H]2CC[C@H](Oc3ccc(S(C)(=O)=O)c(F)c3)CC2)CC1. The van der Waals surface area contributed by atoms with Crippen molar-refractivity contribution < 1.29 is 31.8 Å². The zero-order chi connectivity index (χ0) is 23.5. The number of hydrogen-bond acceptors (Lipinski definition) is 6. The Kier molecular flexibility index (Phi) is 7.70. The van der Waals surface area contributed by atoms with Crippen LogP contribution in [-0.2, 0) is 19.3 Å². The molecular weight excluding hydrogens is 437 g/mol. The van der Waals surface area contributed by atoms with Gasteiger partial charge in [-0.15, -0.1) is 0 Å². The number of halogens is 1. The van der Waals surface area contributed by atoms with Crippen molar-refractivity contribution in [1.29, 1.82) is 0 Å². The summed E-state index contributed by atoms with van der Waals surface area (Å²) in [6.07, 6.45) is 5.81. The van der Waals surface area contributed by atoms with E-state index in [1.807, 2.05) is 20.8 Å². The van der Waals surface area contributed by atoms with E-state index in [0.29, 0.717) is 18.8 Å². The molecule has 1 heterocycles. The third-order valence-corrected chi connectivity index (χ3v) is 6.84. The molecule has 0 atom stereocenters. The van der Waals surface area contributed by atoms with Crippen LogP contribution in [0.1, 0.15) is 59.3 Å². The third-order valence-electron chi connectivity index (χ3n) is 5.71. The quantitative estimate of drug-likeness (QED) is 0.636. The number of sulfone groups is 1. The van der Waals surface area contributed by atoms with Crippen LogP contribution in [-0.4, -0.2) is 62.7 Å². The van der Waals surface area contributed by atoms with Crippen molar-refractivity contribution in [2.24, 2.45) is 0 Å². The summed E-state index contributed by atoms with van der Waals surface area (Å²) in [5.74, 6) is -0.450. The summed E-state index contributed by atoms with van der Waals surface area (Å²) in [7, 11) is -3.60. The topological polar surface area (TPSA) is 82.1 Å². The Balaban J connectivity index is 1.40. The zero-order valence-electron chi connectivity index (χ0n) is 19.3. The van der Waals surface area contributed by atoms with Crippen molar-refractivity contribution in [2.45, 2.75) is 88.1 Å². The molecule has 2 aliphatic rings. The highest BCUT2D eigenvalue weighted by molar-refractivity contribution is 7.90. The third kappa shape index (κ3) is 7.07. The first-order chi connectivity index (χ1) is 14.9. The van der Waals surface area contributed by atoms with E-state index in [-0.39, 0.29) is 29.3 Å². The fourth-order valence-corrected chi connectivity index (χ4v) is 4.84. The number of nitrogens with zero attached hydrogens (tertiary/aromatic N) is 1. The number of ether oxygens (including phenoxy) is 3. The lowest BCUT2D eigenvalue weighted by Crippen LogP contribution is -2.44. The first-order valence-electron chi connectivity index (χ1n) is 11.2. The minimum atomic E-state index is -3.60. The molecule has 1 aliphatic carbocycles. The van der Waals surface area contributed by atoms with Crippen molar-refractivity contribution in [3.8, 4) is 5.75 Å². The molecule has 0 bridgehead atoms. The molecule has 3 rings (SSSR count). The molecule has 0 spiro atoms. The van der Waals surface area contributed by atoms with Gasteiger partial charge in [-0.05, 0) is 71.4 Å². The van der Waals surface area contributed by atoms with E-state index in [9.17, 15) is 17.6 Å². The fourth-order valence-electron chi connectivity index (χ4n) is 4.11. The second kappa shape index (κ2) is 9.95. The van der Waals surface area contributed by atoms with Crippen molar-refractivity contribution in [1.82, 2.24) is 4.90 Å². The minimum Gasteiger partial charge on any atom is -0.490 e. The van der Waals surface area contributed by atoms with E-state index in [1.165, 1.54) is 12.1 Å². The maximum Gasteiger partial charge on any atom is 0.410 e. The van der Waals surface area contributed by atoms with Crippen LogP contribution in [0.5, 0.6) is 5.75 Å². The van der Waals surface area contributed by atoms with Crippen LogP contribution in [0.15, 0.2) is 23.1 Å². The Labute approximate surface area is 190 Å². The number of rotatable bonds is 5. The maximum atomic E-state index is 14.1. The lowest BCUT2D eigenvalue weighted by Gasteiger charge is -2.36. The Hall–Kier alpha value is -1.87. The average Bonchev–Trinajstić information content (AvgIpc) is 2.68. The number of carbonyl (C=O) groups is 1. The molecule has 1 aromatic carbocycles. The predicted octanol–water partition coefficient (Wildman–Crippen LogP) is 4.34. The summed E-state index contributed by atoms with van der Waals surface area (Å²) in [6.45, 7) is 6.85. The number of hydrogen-bond donors (Lipinski definition) is 0. The van der Waals surface area contributed by atoms with Gasteiger partial charge in [0.2, 0.25) is 0 Å². The largest absolute Gasteiger partial charge is 0.490 e. The smallest absolute Gasteiger partial charge is 0.410 e. The van der Waals surface area contributed by atoms with Crippen LogP contribution >= 0.6 is 0 Å². The predicted molar refractivity (Wildman–Crippen MR) is 118 cm³/mol. The van der Waals surface area contributed by atoms with Gasteiger partial charge >= 0.3 is 6.09 Å². The summed E-state index contributed by atoms with van der Waals surface area (Å²) in [5.41, 5.74) is -0.493. The molecule has 1 saturated carbocycles. The molecule has 1 saturated heterocycles. The Morgan fingerprint density at radius 1 is 1.00 bits per heavy atom. The number of benzene rings is 1. The van der Waals surface area contributed by atoms with Crippen LogP contribution in [0.2, 0.25) is 0 Å². The molecule has 0 unspecified atom stereocenters. The molecule has 1 aromatic rings. The molecule has 32 heavy (non-hydrogen) atoms. The zero-order valence-corrected chi connectivity index (χ0v) is 20.1. The standard InChI is InChI=1S/C23H34FNO6S/c1-23(2,3)31-22(26)25-13-11-18(12-14-25)29-16-5-7-17(8-6-16)30-19-9-10-21(20(24)15-19)32(4,27)28/h9-10,15-18H,5-8,11-14H2,1-4H3/t16-,17-. The molecule has 1 amide bonds. The van der Waals surface area contributed by atoms with E-state index in [1.54, 1.807) is 4.90 Å². The van der Waals surface area contributed by atoms with E-state index < -0.39 is 21.3 Å². The number of piperidine rings is 1. The molecule has 0 N–H and O–H groups in total. The van der Waals surface area contributed by atoms with Crippen LogP contribution < -0.4 is 4.74 Å². The molecule has 7 nitrogen and oxygen atoms in total. The summed E-state index contributed by atoms with van der Waals surface area (Å²) in [5, 5.41) is 0. The highest BCUT2D eigenvalue weighted by Crippen LogP contribution is 2.29. The fraction of sp³-hybridized carbons (Fsp3) is 0.696. The first kappa shape index (κ1) is 24.8. The molecule has 0 radical (unpaired) electrons. The van der Waals surface area contributed by atoms with Crippen LogP contribution in [0.3, 0.4) is 0 Å². The number of amides is 1. The van der Waals surface area contributed by atoms with Gasteiger partial charge in [0.05, 0.1) is 18.3 Å². The van der Waals surface area contributed by atoms with Gasteiger partial charge in [-0.3, -0.25) is 0 Å². The first-order valence-corrected chi connectivity index (χ1v) is 13.1. The number of likely N-dealkylation sites (tertiary alicyclic amines) is 1. The van der Waals surface area contributed by atoms with Crippen molar-refractivity contribution >= 4 is 15.9 Å². The van der Waals surface area contributed by atoms with Gasteiger partial charge in [0.1, 0.15) is 22.1 Å². The normalized spacial score (nSPS) is 23.1. The van der Waals surface area contributed by atoms with Crippen molar-refractivity contribution in [2.75, 3.05) is 19.3 Å². The van der Waals surface area contributed by atoms with Gasteiger partial charge in [-0.25, -0.2) is 17.6 Å².